The van der Waals surface area contributed by atoms with Gasteiger partial charge in [-0.1, -0.05) is 0 Å². The molecule has 1 N–H and O–H groups in total. The van der Waals surface area contributed by atoms with Gasteiger partial charge in [0.25, 0.3) is 0 Å². The first kappa shape index (κ1) is 9.19. The molecule has 3 nitrogen and oxygen atoms in total. The highest BCUT2D eigenvalue weighted by Crippen LogP contribution is 2.07. The summed E-state index contributed by atoms with van der Waals surface area (Å²) < 4.78 is 5.87. The summed E-state index contributed by atoms with van der Waals surface area (Å²) in [6.07, 6.45) is 1.64. The van der Waals surface area contributed by atoms with E-state index in [9.17, 15) is 0 Å². The van der Waals surface area contributed by atoms with Crippen molar-refractivity contribution in [2.45, 2.75) is 6.92 Å². The molecule has 0 fully saturated rings. The van der Waals surface area contributed by atoms with E-state index >= 15 is 0 Å². The van der Waals surface area contributed by atoms with Crippen molar-refractivity contribution in [1.82, 2.24) is 4.98 Å². The van der Waals surface area contributed by atoms with Crippen LogP contribution in [0.3, 0.4) is 0 Å². The van der Waals surface area contributed by atoms with Crippen LogP contribution in [0.4, 0.5) is 0 Å². The number of aromatic nitrogens is 1. The number of hydrogen-bond donors (Lipinski definition) is 1. The second kappa shape index (κ2) is 4.21. The highest BCUT2D eigenvalue weighted by atomic mass is 79.9. The van der Waals surface area contributed by atoms with Crippen LogP contribution in [0.5, 0.6) is 0 Å². The monoisotopic (exact) mass is 228 g/mol. The molecule has 1 rings (SSSR count). The number of pyridine rings is 1. The summed E-state index contributed by atoms with van der Waals surface area (Å²) in [5, 5.41) is 7.40. The molecule has 1 heterocycles. The van der Waals surface area contributed by atoms with Crippen LogP contribution in [0.1, 0.15) is 12.6 Å². The molecular weight excluding hydrogens is 220 g/mol. The molecule has 0 spiro atoms. The van der Waals surface area contributed by atoms with Crippen molar-refractivity contribution >= 4 is 21.8 Å². The van der Waals surface area contributed by atoms with Gasteiger partial charge in [-0.25, -0.2) is 0 Å². The van der Waals surface area contributed by atoms with E-state index in [0.717, 1.165) is 4.47 Å². The third-order valence-electron chi connectivity index (χ3n) is 1.25. The Hall–Kier alpha value is -0.900. The number of halogens is 1. The van der Waals surface area contributed by atoms with E-state index in [1.807, 2.05) is 13.0 Å². The van der Waals surface area contributed by atoms with Crippen molar-refractivity contribution in [3.05, 3.63) is 28.5 Å². The van der Waals surface area contributed by atoms with E-state index in [0.29, 0.717) is 12.3 Å². The summed E-state index contributed by atoms with van der Waals surface area (Å²) in [5.41, 5.74) is 0.556. The lowest BCUT2D eigenvalue weighted by Gasteiger charge is -2.02. The maximum Gasteiger partial charge on any atom is 0.232 e. The first-order valence-corrected chi connectivity index (χ1v) is 4.36. The Labute approximate surface area is 79.4 Å². The lowest BCUT2D eigenvalue weighted by Crippen LogP contribution is -2.06. The average Bonchev–Trinajstić information content (AvgIpc) is 2.06. The summed E-state index contributed by atoms with van der Waals surface area (Å²) >= 11 is 3.26. The van der Waals surface area contributed by atoms with Gasteiger partial charge in [-0.3, -0.25) is 10.4 Å². The zero-order valence-electron chi connectivity index (χ0n) is 6.67. The average molecular weight is 229 g/mol. The van der Waals surface area contributed by atoms with Crippen LogP contribution in [0.15, 0.2) is 22.8 Å². The van der Waals surface area contributed by atoms with Gasteiger partial charge in [0, 0.05) is 10.7 Å². The summed E-state index contributed by atoms with van der Waals surface area (Å²) in [7, 11) is 0. The molecular formula is C8H9BrN2O. The molecule has 0 atom stereocenters. The van der Waals surface area contributed by atoms with Gasteiger partial charge in [0.05, 0.1) is 6.61 Å². The number of nitrogens with zero attached hydrogens (tertiary/aromatic N) is 1. The van der Waals surface area contributed by atoms with Crippen LogP contribution in [0.2, 0.25) is 0 Å². The normalized spacial score (nSPS) is 9.50. The zero-order chi connectivity index (χ0) is 8.97. The molecule has 0 radical (unpaired) electrons. The Morgan fingerprint density at radius 2 is 2.42 bits per heavy atom. The van der Waals surface area contributed by atoms with Gasteiger partial charge in [-0.2, -0.15) is 0 Å². The smallest absolute Gasteiger partial charge is 0.232 e. The standard InChI is InChI=1S/C8H9BrN2O/c1-2-12-8(10)7-4-3-6(9)5-11-7/h3-5,10H,2H2,1H3. The van der Waals surface area contributed by atoms with Crippen LogP contribution >= 0.6 is 15.9 Å². The van der Waals surface area contributed by atoms with E-state index in [2.05, 4.69) is 20.9 Å². The second-order valence-electron chi connectivity index (χ2n) is 2.12. The highest BCUT2D eigenvalue weighted by Gasteiger charge is 2.01. The summed E-state index contributed by atoms with van der Waals surface area (Å²) in [6, 6.07) is 3.57. The fourth-order valence-electron chi connectivity index (χ4n) is 0.728. The Bertz CT molecular complexity index is 271. The Morgan fingerprint density at radius 3 is 2.92 bits per heavy atom. The molecule has 0 saturated carbocycles. The van der Waals surface area contributed by atoms with Crippen molar-refractivity contribution in [3.8, 4) is 0 Å². The van der Waals surface area contributed by atoms with Gasteiger partial charge in [0.15, 0.2) is 0 Å². The van der Waals surface area contributed by atoms with Gasteiger partial charge in [0.1, 0.15) is 5.69 Å². The lowest BCUT2D eigenvalue weighted by molar-refractivity contribution is 0.324. The molecule has 0 amide bonds. The van der Waals surface area contributed by atoms with Gasteiger partial charge in [-0.15, -0.1) is 0 Å². The minimum atomic E-state index is 0.116. The number of nitrogens with one attached hydrogen (secondary N) is 1. The maximum absolute atomic E-state index is 7.40. The van der Waals surface area contributed by atoms with E-state index in [1.165, 1.54) is 0 Å². The second-order valence-corrected chi connectivity index (χ2v) is 3.04. The summed E-state index contributed by atoms with van der Waals surface area (Å²) in [6.45, 7) is 2.34. The molecule has 0 aliphatic heterocycles. The Morgan fingerprint density at radius 1 is 1.67 bits per heavy atom. The molecule has 0 saturated heterocycles. The molecule has 4 heteroatoms. The van der Waals surface area contributed by atoms with Gasteiger partial charge in [0.2, 0.25) is 5.90 Å². The van der Waals surface area contributed by atoms with Crippen LogP contribution in [0.25, 0.3) is 0 Å². The molecule has 64 valence electrons. The number of rotatable bonds is 2. The third kappa shape index (κ3) is 2.30. The molecule has 0 unspecified atom stereocenters. The van der Waals surface area contributed by atoms with E-state index < -0.39 is 0 Å². The fraction of sp³-hybridized carbons (Fsp3) is 0.250. The fourth-order valence-corrected chi connectivity index (χ4v) is 0.963. The lowest BCUT2D eigenvalue weighted by atomic mass is 10.3. The van der Waals surface area contributed by atoms with E-state index in [1.54, 1.807) is 12.3 Å². The molecule has 0 aromatic carbocycles. The van der Waals surface area contributed by atoms with Crippen LogP contribution in [0, 0.1) is 5.41 Å². The van der Waals surface area contributed by atoms with Gasteiger partial charge < -0.3 is 4.74 Å². The summed E-state index contributed by atoms with van der Waals surface area (Å²) in [4.78, 5) is 4.00. The highest BCUT2D eigenvalue weighted by molar-refractivity contribution is 9.10. The Balaban J connectivity index is 2.75. The topological polar surface area (TPSA) is 46.0 Å². The number of hydrogen-bond acceptors (Lipinski definition) is 3. The summed E-state index contributed by atoms with van der Waals surface area (Å²) in [5.74, 6) is 0.116. The predicted molar refractivity (Wildman–Crippen MR) is 50.4 cm³/mol. The van der Waals surface area contributed by atoms with Crippen molar-refractivity contribution in [2.75, 3.05) is 6.61 Å². The molecule has 0 aliphatic rings. The van der Waals surface area contributed by atoms with Crippen molar-refractivity contribution < 1.29 is 4.74 Å². The van der Waals surface area contributed by atoms with Gasteiger partial charge in [-0.05, 0) is 35.0 Å². The zero-order valence-corrected chi connectivity index (χ0v) is 8.26. The van der Waals surface area contributed by atoms with E-state index in [-0.39, 0.29) is 5.90 Å². The van der Waals surface area contributed by atoms with Crippen LogP contribution < -0.4 is 0 Å². The van der Waals surface area contributed by atoms with Gasteiger partial charge >= 0.3 is 0 Å². The van der Waals surface area contributed by atoms with Crippen molar-refractivity contribution in [1.29, 1.82) is 5.41 Å². The van der Waals surface area contributed by atoms with E-state index in [4.69, 9.17) is 10.1 Å². The SMILES string of the molecule is CCOC(=N)c1ccc(Br)cn1. The van der Waals surface area contributed by atoms with Crippen molar-refractivity contribution in [3.63, 3.8) is 0 Å². The maximum atomic E-state index is 7.40. The molecule has 12 heavy (non-hydrogen) atoms. The van der Waals surface area contributed by atoms with Crippen molar-refractivity contribution in [2.24, 2.45) is 0 Å². The first-order chi connectivity index (χ1) is 5.74. The Kier molecular flexibility index (Phi) is 3.22. The predicted octanol–water partition coefficient (Wildman–Crippen LogP) is 2.21. The van der Waals surface area contributed by atoms with Crippen LogP contribution in [-0.2, 0) is 4.74 Å². The third-order valence-corrected chi connectivity index (χ3v) is 1.72. The molecule has 1 aromatic heterocycles. The minimum absolute atomic E-state index is 0.116. The molecule has 0 aliphatic carbocycles. The number of ether oxygens (including phenoxy) is 1. The molecule has 1 aromatic rings. The van der Waals surface area contributed by atoms with Crippen LogP contribution in [-0.4, -0.2) is 17.5 Å². The minimum Gasteiger partial charge on any atom is -0.477 e. The quantitative estimate of drug-likeness (QED) is 0.624. The first-order valence-electron chi connectivity index (χ1n) is 3.57. The molecule has 0 bridgehead atoms. The largest absolute Gasteiger partial charge is 0.477 e.